The molecule has 0 fully saturated rings. The molecule has 2 N–H and O–H groups in total. The van der Waals surface area contributed by atoms with E-state index in [2.05, 4.69) is 110 Å². The van der Waals surface area contributed by atoms with Crippen LogP contribution >= 0.6 is 0 Å². The fourth-order valence-electron chi connectivity index (χ4n) is 5.43. The smallest absolute Gasteiger partial charge is 0.218 e. The summed E-state index contributed by atoms with van der Waals surface area (Å²) in [4.78, 5) is 0. The molecule has 0 saturated carbocycles. The molecule has 2 unspecified atom stereocenters. The monoisotopic (exact) mass is 429 g/mol. The van der Waals surface area contributed by atoms with Gasteiger partial charge in [0.15, 0.2) is 23.6 Å². The summed E-state index contributed by atoms with van der Waals surface area (Å²) in [5.74, 6) is 0. The van der Waals surface area contributed by atoms with Crippen LogP contribution in [0.4, 0.5) is 0 Å². The minimum Gasteiger partial charge on any atom is -0.327 e. The molecule has 0 bridgehead atoms. The number of allylic oxidation sites excluding steroid dienone is 1. The number of nitrogens with zero attached hydrogens (tertiary/aromatic N) is 2. The van der Waals surface area contributed by atoms with Gasteiger partial charge in [-0.15, -0.1) is 0 Å². The number of aromatic nitrogens is 1. The molecule has 0 amide bonds. The molecule has 0 saturated heterocycles. The molecule has 2 aromatic rings. The van der Waals surface area contributed by atoms with E-state index in [4.69, 9.17) is 5.73 Å². The molecule has 1 aromatic heterocycles. The first kappa shape index (κ1) is 23.9. The van der Waals surface area contributed by atoms with E-state index in [1.165, 1.54) is 22.4 Å². The number of pyridine rings is 1. The van der Waals surface area contributed by atoms with E-state index in [9.17, 15) is 0 Å². The summed E-state index contributed by atoms with van der Waals surface area (Å²) in [6, 6.07) is 15.2. The van der Waals surface area contributed by atoms with Crippen LogP contribution in [0, 0.1) is 5.41 Å². The summed E-state index contributed by atoms with van der Waals surface area (Å²) >= 11 is 0. The Hall–Kier alpha value is -2.78. The summed E-state index contributed by atoms with van der Waals surface area (Å²) in [5.41, 5.74) is 11.9. The Kier molecular flexibility index (Phi) is 7.30. The van der Waals surface area contributed by atoms with Crippen molar-refractivity contribution in [2.75, 3.05) is 6.54 Å². The van der Waals surface area contributed by atoms with Crippen LogP contribution in [-0.2, 0) is 6.42 Å². The summed E-state index contributed by atoms with van der Waals surface area (Å²) in [6.45, 7) is 18.6. The molecule has 2 heterocycles. The second kappa shape index (κ2) is 9.79. The Labute approximate surface area is 194 Å². The van der Waals surface area contributed by atoms with Crippen molar-refractivity contribution >= 4 is 12.4 Å². The molecule has 0 radical (unpaired) electrons. The highest BCUT2D eigenvalue weighted by atomic mass is 15.1. The molecule has 0 aliphatic carbocycles. The normalized spacial score (nSPS) is 24.2. The number of nitrogens with two attached hydrogens (primary N) is 1. The van der Waals surface area contributed by atoms with Gasteiger partial charge in [0.05, 0.1) is 11.8 Å². The van der Waals surface area contributed by atoms with Crippen LogP contribution in [0.3, 0.4) is 0 Å². The first-order valence-corrected chi connectivity index (χ1v) is 11.7. The Balaban J connectivity index is 2.31. The number of hydrogen-bond donors (Lipinski definition) is 1. The number of fused-ring (bicyclic) bond motifs is 3. The number of hydrogen-bond acceptors (Lipinski definition) is 1. The van der Waals surface area contributed by atoms with Crippen molar-refractivity contribution in [1.29, 1.82) is 0 Å². The van der Waals surface area contributed by atoms with E-state index >= 15 is 0 Å². The molecular weight excluding hydrogens is 390 g/mol. The van der Waals surface area contributed by atoms with Crippen molar-refractivity contribution in [3.8, 4) is 11.3 Å². The summed E-state index contributed by atoms with van der Waals surface area (Å²) in [6.07, 6.45) is 12.2. The van der Waals surface area contributed by atoms with Gasteiger partial charge in [-0.05, 0) is 63.5 Å². The van der Waals surface area contributed by atoms with Gasteiger partial charge >= 0.3 is 0 Å². The van der Waals surface area contributed by atoms with Crippen molar-refractivity contribution in [2.24, 2.45) is 11.1 Å². The van der Waals surface area contributed by atoms with Gasteiger partial charge in [-0.25, -0.2) is 4.58 Å². The average molecular weight is 430 g/mol. The van der Waals surface area contributed by atoms with Crippen molar-refractivity contribution in [1.82, 2.24) is 0 Å². The van der Waals surface area contributed by atoms with Gasteiger partial charge in [-0.1, -0.05) is 36.8 Å². The second-order valence-electron chi connectivity index (χ2n) is 9.23. The molecule has 3 rings (SSSR count). The lowest BCUT2D eigenvalue weighted by Crippen LogP contribution is -2.54. The van der Waals surface area contributed by atoms with E-state index in [1.807, 2.05) is 6.92 Å². The number of rotatable bonds is 5. The lowest BCUT2D eigenvalue weighted by molar-refractivity contribution is -0.591. The zero-order valence-corrected chi connectivity index (χ0v) is 20.3. The summed E-state index contributed by atoms with van der Waals surface area (Å²) < 4.78 is 4.40. The lowest BCUT2D eigenvalue weighted by Gasteiger charge is -2.44. The Bertz CT molecular complexity index is 1060. The van der Waals surface area contributed by atoms with Crippen molar-refractivity contribution in [3.05, 3.63) is 84.7 Å². The molecule has 1 aromatic carbocycles. The minimum absolute atomic E-state index is 0.148. The maximum Gasteiger partial charge on any atom is 0.218 e. The van der Waals surface area contributed by atoms with Gasteiger partial charge in [0, 0.05) is 31.2 Å². The quantitative estimate of drug-likeness (QED) is 0.366. The standard InChI is InChI=1S/C29H39N3/c1-7-20-31(6)29(5)22-23(3)32-21-12-11-15-27(32)26-14-10-9-13-24(26)16-18-28(29,4)25(8-2)17-19-30/h7,9-15,17,20-21H,3,6,8,16,18-19,22,30H2,1-2,4-5H3/q+2/b20-7-,25-17+. The zero-order chi connectivity index (χ0) is 23.4. The zero-order valence-electron chi connectivity index (χ0n) is 20.3. The number of aryl methyl sites for hydroxylation is 1. The Morgan fingerprint density at radius 3 is 2.59 bits per heavy atom. The van der Waals surface area contributed by atoms with Crippen molar-refractivity contribution in [2.45, 2.75) is 58.9 Å². The fourth-order valence-corrected chi connectivity index (χ4v) is 5.43. The molecule has 1 aliphatic heterocycles. The predicted molar refractivity (Wildman–Crippen MR) is 136 cm³/mol. The van der Waals surface area contributed by atoms with Crippen LogP contribution in [-0.4, -0.2) is 23.4 Å². The third-order valence-electron chi connectivity index (χ3n) is 7.54. The van der Waals surface area contributed by atoms with Gasteiger partial charge in [-0.3, -0.25) is 0 Å². The summed E-state index contributed by atoms with van der Waals surface area (Å²) in [7, 11) is 0. The topological polar surface area (TPSA) is 32.9 Å². The Morgan fingerprint density at radius 1 is 1.19 bits per heavy atom. The highest BCUT2D eigenvalue weighted by Gasteiger charge is 2.55. The van der Waals surface area contributed by atoms with Crippen LogP contribution in [0.2, 0.25) is 0 Å². The van der Waals surface area contributed by atoms with E-state index < -0.39 is 0 Å². The van der Waals surface area contributed by atoms with Crippen molar-refractivity contribution < 1.29 is 9.14 Å². The van der Waals surface area contributed by atoms with Crippen LogP contribution < -0.4 is 10.3 Å². The molecule has 2 atom stereocenters. The highest BCUT2D eigenvalue weighted by Crippen LogP contribution is 2.49. The maximum atomic E-state index is 6.05. The van der Waals surface area contributed by atoms with E-state index in [1.54, 1.807) is 0 Å². The van der Waals surface area contributed by atoms with Crippen molar-refractivity contribution in [3.63, 3.8) is 0 Å². The molecule has 32 heavy (non-hydrogen) atoms. The van der Waals surface area contributed by atoms with Crippen LogP contribution in [0.25, 0.3) is 17.0 Å². The molecule has 3 heteroatoms. The predicted octanol–water partition coefficient (Wildman–Crippen LogP) is 5.75. The third-order valence-corrected chi connectivity index (χ3v) is 7.54. The van der Waals surface area contributed by atoms with Gasteiger partial charge < -0.3 is 5.73 Å². The average Bonchev–Trinajstić information content (AvgIpc) is 2.80. The van der Waals surface area contributed by atoms with Gasteiger partial charge in [0.25, 0.3) is 0 Å². The van der Waals surface area contributed by atoms with E-state index in [-0.39, 0.29) is 11.0 Å². The van der Waals surface area contributed by atoms with E-state index in [0.717, 1.165) is 31.4 Å². The first-order chi connectivity index (χ1) is 15.3. The second-order valence-corrected chi connectivity index (χ2v) is 9.23. The van der Waals surface area contributed by atoms with Crippen LogP contribution in [0.1, 0.15) is 52.5 Å². The van der Waals surface area contributed by atoms with Gasteiger partial charge in [0.1, 0.15) is 6.72 Å². The SMILES string of the molecule is C=C1CC(C)([N+](=C)/C=C\C)C(C)(/C(=C/CN)CC)CCc2ccccc2-c2cccc[n+]21. The van der Waals surface area contributed by atoms with Crippen LogP contribution in [0.15, 0.2) is 79.2 Å². The Morgan fingerprint density at radius 2 is 1.91 bits per heavy atom. The maximum absolute atomic E-state index is 6.05. The molecule has 168 valence electrons. The fraction of sp³-hybridized carbons (Fsp3) is 0.379. The summed E-state index contributed by atoms with van der Waals surface area (Å²) in [5, 5.41) is 0. The van der Waals surface area contributed by atoms with Gasteiger partial charge in [0.2, 0.25) is 5.69 Å². The lowest BCUT2D eigenvalue weighted by atomic mass is 9.61. The molecular formula is C29H39N3+2. The molecule has 1 aliphatic rings. The highest BCUT2D eigenvalue weighted by molar-refractivity contribution is 5.62. The largest absolute Gasteiger partial charge is 0.327 e. The van der Waals surface area contributed by atoms with E-state index in [0.29, 0.717) is 6.54 Å². The third kappa shape index (κ3) is 4.14. The minimum atomic E-state index is -0.292. The van der Waals surface area contributed by atoms with Crippen LogP contribution in [0.5, 0.6) is 0 Å². The first-order valence-electron chi connectivity index (χ1n) is 11.7. The van der Waals surface area contributed by atoms with Gasteiger partial charge in [-0.2, -0.15) is 4.57 Å². The molecule has 0 spiro atoms. The molecule has 3 nitrogen and oxygen atoms in total. The number of benzene rings is 1.